The molecule has 0 aliphatic heterocycles. The molecule has 2 aromatic rings. The smallest absolute Gasteiger partial charge is 0.338 e. The Labute approximate surface area is 138 Å². The summed E-state index contributed by atoms with van der Waals surface area (Å²) in [6, 6.07) is 12.5. The molecule has 0 saturated heterocycles. The van der Waals surface area contributed by atoms with E-state index in [0.29, 0.717) is 29.4 Å². The van der Waals surface area contributed by atoms with E-state index < -0.39 is 5.97 Å². The molecule has 5 heteroatoms. The fraction of sp³-hybridized carbons (Fsp3) is 0.235. The summed E-state index contributed by atoms with van der Waals surface area (Å²) < 4.78 is 17.1. The van der Waals surface area contributed by atoms with Gasteiger partial charge in [-0.25, -0.2) is 4.79 Å². The Balaban J connectivity index is 2.27. The minimum Gasteiger partial charge on any atom is -0.493 e. The molecule has 0 N–H and O–H groups in total. The van der Waals surface area contributed by atoms with Crippen LogP contribution >= 0.6 is 15.9 Å². The van der Waals surface area contributed by atoms with E-state index in [1.165, 1.54) is 7.11 Å². The monoisotopic (exact) mass is 364 g/mol. The molecular formula is C17H17BrO4. The maximum absolute atomic E-state index is 11.7. The van der Waals surface area contributed by atoms with Gasteiger partial charge in [0.25, 0.3) is 0 Å². The SMILES string of the molecule is CCCOc1cc(Oc2ccc(Br)cc2)cc(C(=O)OC)c1. The van der Waals surface area contributed by atoms with E-state index in [4.69, 9.17) is 14.2 Å². The standard InChI is InChI=1S/C17H17BrO4/c1-3-8-21-15-9-12(17(19)20-2)10-16(11-15)22-14-6-4-13(18)5-7-14/h4-7,9-11H,3,8H2,1-2H3. The molecular weight excluding hydrogens is 348 g/mol. The molecule has 2 aromatic carbocycles. The number of methoxy groups -OCH3 is 1. The summed E-state index contributed by atoms with van der Waals surface area (Å²) in [5, 5.41) is 0. The molecule has 0 saturated carbocycles. The Morgan fingerprint density at radius 1 is 1.05 bits per heavy atom. The van der Waals surface area contributed by atoms with Gasteiger partial charge in [-0.3, -0.25) is 0 Å². The van der Waals surface area contributed by atoms with Crippen LogP contribution in [0.25, 0.3) is 0 Å². The third-order valence-electron chi connectivity index (χ3n) is 2.82. The minimum absolute atomic E-state index is 0.392. The van der Waals surface area contributed by atoms with Crippen LogP contribution in [0.5, 0.6) is 17.2 Å². The molecule has 0 heterocycles. The number of rotatable bonds is 6. The molecule has 0 amide bonds. The third-order valence-corrected chi connectivity index (χ3v) is 3.35. The summed E-state index contributed by atoms with van der Waals surface area (Å²) in [5.74, 6) is 1.35. The van der Waals surface area contributed by atoms with Crippen LogP contribution in [0.2, 0.25) is 0 Å². The number of ether oxygens (including phenoxy) is 3. The normalized spacial score (nSPS) is 10.1. The molecule has 0 fully saturated rings. The summed E-state index contributed by atoms with van der Waals surface area (Å²) in [5.41, 5.74) is 0.392. The van der Waals surface area contributed by atoms with Gasteiger partial charge >= 0.3 is 5.97 Å². The molecule has 0 aromatic heterocycles. The topological polar surface area (TPSA) is 44.8 Å². The molecule has 116 valence electrons. The average molecular weight is 365 g/mol. The molecule has 0 aliphatic rings. The van der Waals surface area contributed by atoms with E-state index >= 15 is 0 Å². The highest BCUT2D eigenvalue weighted by molar-refractivity contribution is 9.10. The zero-order valence-electron chi connectivity index (χ0n) is 12.5. The summed E-state index contributed by atoms with van der Waals surface area (Å²) in [7, 11) is 1.34. The molecule has 0 bridgehead atoms. The maximum atomic E-state index is 11.7. The number of carbonyl (C=O) groups is 1. The van der Waals surface area contributed by atoms with Crippen LogP contribution in [0.15, 0.2) is 46.9 Å². The Hall–Kier alpha value is -2.01. The van der Waals surface area contributed by atoms with Crippen molar-refractivity contribution < 1.29 is 19.0 Å². The van der Waals surface area contributed by atoms with Crippen LogP contribution in [0.1, 0.15) is 23.7 Å². The number of halogens is 1. The summed E-state index contributed by atoms with van der Waals surface area (Å²) in [4.78, 5) is 11.7. The maximum Gasteiger partial charge on any atom is 0.338 e. The van der Waals surface area contributed by atoms with Crippen LogP contribution < -0.4 is 9.47 Å². The third kappa shape index (κ3) is 4.49. The van der Waals surface area contributed by atoms with Crippen LogP contribution in [0.4, 0.5) is 0 Å². The summed E-state index contributed by atoms with van der Waals surface area (Å²) in [6.07, 6.45) is 0.880. The van der Waals surface area contributed by atoms with Gasteiger partial charge in [-0.15, -0.1) is 0 Å². The molecule has 0 atom stereocenters. The fourth-order valence-electron chi connectivity index (χ4n) is 1.81. The highest BCUT2D eigenvalue weighted by Gasteiger charge is 2.11. The van der Waals surface area contributed by atoms with E-state index in [0.717, 1.165) is 10.9 Å². The first-order chi connectivity index (χ1) is 10.6. The zero-order valence-corrected chi connectivity index (χ0v) is 14.1. The summed E-state index contributed by atoms with van der Waals surface area (Å²) >= 11 is 3.37. The van der Waals surface area contributed by atoms with Gasteiger partial charge in [0, 0.05) is 10.5 Å². The molecule has 0 aliphatic carbocycles. The van der Waals surface area contributed by atoms with Gasteiger partial charge in [0.2, 0.25) is 0 Å². The predicted molar refractivity (Wildman–Crippen MR) is 87.8 cm³/mol. The molecule has 2 rings (SSSR count). The predicted octanol–water partition coefficient (Wildman–Crippen LogP) is 4.82. The van der Waals surface area contributed by atoms with Gasteiger partial charge in [0.05, 0.1) is 19.3 Å². The Morgan fingerprint density at radius 3 is 2.36 bits per heavy atom. The number of hydrogen-bond acceptors (Lipinski definition) is 4. The lowest BCUT2D eigenvalue weighted by Crippen LogP contribution is -2.03. The quantitative estimate of drug-likeness (QED) is 0.689. The van der Waals surface area contributed by atoms with Crippen molar-refractivity contribution in [3.63, 3.8) is 0 Å². The van der Waals surface area contributed by atoms with Crippen molar-refractivity contribution in [1.82, 2.24) is 0 Å². The second-order valence-electron chi connectivity index (χ2n) is 4.59. The fourth-order valence-corrected chi connectivity index (χ4v) is 2.07. The van der Waals surface area contributed by atoms with E-state index in [-0.39, 0.29) is 0 Å². The van der Waals surface area contributed by atoms with Crippen LogP contribution in [0, 0.1) is 0 Å². The molecule has 22 heavy (non-hydrogen) atoms. The lowest BCUT2D eigenvalue weighted by atomic mass is 10.2. The number of esters is 1. The lowest BCUT2D eigenvalue weighted by molar-refractivity contribution is 0.0600. The van der Waals surface area contributed by atoms with Crippen LogP contribution in [-0.2, 0) is 4.74 Å². The molecule has 4 nitrogen and oxygen atoms in total. The average Bonchev–Trinajstić information content (AvgIpc) is 2.54. The summed E-state index contributed by atoms with van der Waals surface area (Å²) in [6.45, 7) is 2.59. The Bertz CT molecular complexity index is 638. The van der Waals surface area contributed by atoms with Gasteiger partial charge in [0.1, 0.15) is 17.2 Å². The first-order valence-electron chi connectivity index (χ1n) is 6.92. The molecule has 0 radical (unpaired) electrons. The number of carbonyl (C=O) groups excluding carboxylic acids is 1. The van der Waals surface area contributed by atoms with Gasteiger partial charge in [-0.1, -0.05) is 22.9 Å². The van der Waals surface area contributed by atoms with Crippen LogP contribution in [0.3, 0.4) is 0 Å². The minimum atomic E-state index is -0.428. The molecule has 0 unspecified atom stereocenters. The van der Waals surface area contributed by atoms with Crippen molar-refractivity contribution >= 4 is 21.9 Å². The zero-order chi connectivity index (χ0) is 15.9. The highest BCUT2D eigenvalue weighted by Crippen LogP contribution is 2.28. The number of benzene rings is 2. The number of hydrogen-bond donors (Lipinski definition) is 0. The highest BCUT2D eigenvalue weighted by atomic mass is 79.9. The van der Waals surface area contributed by atoms with E-state index in [1.54, 1.807) is 18.2 Å². The van der Waals surface area contributed by atoms with Crippen LogP contribution in [-0.4, -0.2) is 19.7 Å². The van der Waals surface area contributed by atoms with E-state index in [9.17, 15) is 4.79 Å². The van der Waals surface area contributed by atoms with Crippen molar-refractivity contribution in [3.05, 3.63) is 52.5 Å². The van der Waals surface area contributed by atoms with E-state index in [1.807, 2.05) is 31.2 Å². The van der Waals surface area contributed by atoms with Gasteiger partial charge in [-0.05, 0) is 42.8 Å². The van der Waals surface area contributed by atoms with E-state index in [2.05, 4.69) is 15.9 Å². The first kappa shape index (κ1) is 16.4. The molecule has 0 spiro atoms. The largest absolute Gasteiger partial charge is 0.493 e. The first-order valence-corrected chi connectivity index (χ1v) is 7.71. The Morgan fingerprint density at radius 2 is 1.73 bits per heavy atom. The lowest BCUT2D eigenvalue weighted by Gasteiger charge is -2.11. The van der Waals surface area contributed by atoms with Gasteiger partial charge in [0.15, 0.2) is 0 Å². The van der Waals surface area contributed by atoms with Crippen molar-refractivity contribution in [2.45, 2.75) is 13.3 Å². The van der Waals surface area contributed by atoms with Crippen molar-refractivity contribution in [2.75, 3.05) is 13.7 Å². The Kier molecular flexibility index (Phi) is 5.83. The van der Waals surface area contributed by atoms with Gasteiger partial charge in [-0.2, -0.15) is 0 Å². The van der Waals surface area contributed by atoms with Gasteiger partial charge < -0.3 is 14.2 Å². The van der Waals surface area contributed by atoms with Crippen molar-refractivity contribution in [2.24, 2.45) is 0 Å². The second kappa shape index (κ2) is 7.84. The second-order valence-corrected chi connectivity index (χ2v) is 5.50. The van der Waals surface area contributed by atoms with Crippen molar-refractivity contribution in [3.8, 4) is 17.2 Å². The van der Waals surface area contributed by atoms with Crippen molar-refractivity contribution in [1.29, 1.82) is 0 Å².